The average molecular weight is 277 g/mol. The highest BCUT2D eigenvalue weighted by atomic mass is 79.9. The van der Waals surface area contributed by atoms with Gasteiger partial charge in [0, 0.05) is 16.0 Å². The summed E-state index contributed by atoms with van der Waals surface area (Å²) in [7, 11) is 0. The van der Waals surface area contributed by atoms with Crippen LogP contribution >= 0.6 is 27.5 Å². The van der Waals surface area contributed by atoms with Crippen LogP contribution in [0.5, 0.6) is 0 Å². The fraction of sp³-hybridized carbons (Fsp3) is 0.400. The van der Waals surface area contributed by atoms with Crippen LogP contribution in [0.15, 0.2) is 22.7 Å². The predicted octanol–water partition coefficient (Wildman–Crippen LogP) is 3.24. The van der Waals surface area contributed by atoms with E-state index in [0.717, 1.165) is 35.6 Å². The summed E-state index contributed by atoms with van der Waals surface area (Å²) in [5.74, 6) is 0. The summed E-state index contributed by atoms with van der Waals surface area (Å²) in [6, 6.07) is 5.81. The zero-order valence-electron chi connectivity index (χ0n) is 7.67. The topological polar surface area (TPSA) is 12.5 Å². The lowest BCUT2D eigenvalue weighted by Crippen LogP contribution is -2.17. The van der Waals surface area contributed by atoms with E-state index in [-0.39, 0.29) is 0 Å². The van der Waals surface area contributed by atoms with Crippen molar-refractivity contribution in [1.29, 1.82) is 0 Å². The molecule has 0 bridgehead atoms. The van der Waals surface area contributed by atoms with Crippen molar-refractivity contribution < 1.29 is 4.84 Å². The van der Waals surface area contributed by atoms with E-state index in [0.29, 0.717) is 0 Å². The van der Waals surface area contributed by atoms with E-state index in [1.54, 1.807) is 0 Å². The fourth-order valence-corrected chi connectivity index (χ4v) is 2.04. The lowest BCUT2D eigenvalue weighted by Gasteiger charge is -2.14. The molecule has 0 amide bonds. The minimum atomic E-state index is 0.766. The number of rotatable bonds is 2. The quantitative estimate of drug-likeness (QED) is 0.822. The van der Waals surface area contributed by atoms with Gasteiger partial charge in [-0.2, -0.15) is 5.06 Å². The maximum atomic E-state index is 5.92. The van der Waals surface area contributed by atoms with Gasteiger partial charge < -0.3 is 0 Å². The lowest BCUT2D eigenvalue weighted by atomic mass is 10.2. The summed E-state index contributed by atoms with van der Waals surface area (Å²) >= 11 is 9.42. The van der Waals surface area contributed by atoms with Gasteiger partial charge in [0.15, 0.2) is 0 Å². The summed E-state index contributed by atoms with van der Waals surface area (Å²) in [6.07, 6.45) is 1.11. The van der Waals surface area contributed by atoms with Gasteiger partial charge in [-0.15, -0.1) is 0 Å². The van der Waals surface area contributed by atoms with Crippen LogP contribution in [0.1, 0.15) is 12.0 Å². The van der Waals surface area contributed by atoms with Crippen LogP contribution in [0.4, 0.5) is 0 Å². The van der Waals surface area contributed by atoms with Crippen molar-refractivity contribution >= 4 is 27.5 Å². The third kappa shape index (κ3) is 2.48. The van der Waals surface area contributed by atoms with E-state index in [1.807, 2.05) is 23.3 Å². The van der Waals surface area contributed by atoms with Gasteiger partial charge in [0.2, 0.25) is 0 Å². The highest BCUT2D eigenvalue weighted by Crippen LogP contribution is 2.23. The van der Waals surface area contributed by atoms with Crippen LogP contribution in [0.3, 0.4) is 0 Å². The maximum Gasteiger partial charge on any atom is 0.0698 e. The first-order chi connectivity index (χ1) is 6.75. The fourth-order valence-electron chi connectivity index (χ4n) is 1.48. The average Bonchev–Trinajstić information content (AvgIpc) is 2.64. The molecule has 4 heteroatoms. The van der Waals surface area contributed by atoms with Crippen molar-refractivity contribution in [3.8, 4) is 0 Å². The van der Waals surface area contributed by atoms with Crippen LogP contribution in [-0.4, -0.2) is 18.2 Å². The molecule has 1 heterocycles. The third-order valence-electron chi connectivity index (χ3n) is 2.18. The van der Waals surface area contributed by atoms with E-state index >= 15 is 0 Å². The molecule has 1 saturated heterocycles. The van der Waals surface area contributed by atoms with Gasteiger partial charge in [-0.3, -0.25) is 4.84 Å². The Balaban J connectivity index is 2.10. The number of hydrogen-bond acceptors (Lipinski definition) is 2. The number of benzene rings is 1. The van der Waals surface area contributed by atoms with Gasteiger partial charge in [0.1, 0.15) is 0 Å². The van der Waals surface area contributed by atoms with E-state index < -0.39 is 0 Å². The van der Waals surface area contributed by atoms with Crippen molar-refractivity contribution in [3.05, 3.63) is 33.3 Å². The number of hydroxylamine groups is 2. The van der Waals surface area contributed by atoms with Crippen LogP contribution in [0.2, 0.25) is 5.02 Å². The summed E-state index contributed by atoms with van der Waals surface area (Å²) in [6.45, 7) is 2.62. The van der Waals surface area contributed by atoms with Crippen molar-refractivity contribution in [2.24, 2.45) is 0 Å². The van der Waals surface area contributed by atoms with Crippen LogP contribution in [0, 0.1) is 0 Å². The molecule has 0 spiro atoms. The molecule has 0 saturated carbocycles. The normalized spacial score (nSPS) is 17.6. The van der Waals surface area contributed by atoms with Gasteiger partial charge in [-0.1, -0.05) is 27.5 Å². The molecule has 0 aliphatic carbocycles. The monoisotopic (exact) mass is 275 g/mol. The van der Waals surface area contributed by atoms with Crippen molar-refractivity contribution in [3.63, 3.8) is 0 Å². The standard InChI is InChI=1S/C10H11BrClNO/c11-10-3-2-9(12)6-8(10)7-13-4-1-5-14-13/h2-3,6H,1,4-5,7H2. The van der Waals surface area contributed by atoms with Gasteiger partial charge in [-0.25, -0.2) is 0 Å². The molecule has 0 N–H and O–H groups in total. The maximum absolute atomic E-state index is 5.92. The highest BCUT2D eigenvalue weighted by Gasteiger charge is 2.14. The zero-order chi connectivity index (χ0) is 9.97. The number of halogens is 2. The highest BCUT2D eigenvalue weighted by molar-refractivity contribution is 9.10. The Bertz CT molecular complexity index is 326. The van der Waals surface area contributed by atoms with E-state index in [9.17, 15) is 0 Å². The largest absolute Gasteiger partial charge is 0.299 e. The first-order valence-corrected chi connectivity index (χ1v) is 5.74. The molecule has 0 atom stereocenters. The Morgan fingerprint density at radius 2 is 2.36 bits per heavy atom. The Labute approximate surface area is 96.9 Å². The second-order valence-corrected chi connectivity index (χ2v) is 4.58. The van der Waals surface area contributed by atoms with E-state index in [4.69, 9.17) is 16.4 Å². The summed E-state index contributed by atoms with van der Waals surface area (Å²) in [5, 5.41) is 2.73. The summed E-state index contributed by atoms with van der Waals surface area (Å²) in [5.41, 5.74) is 1.17. The first kappa shape index (κ1) is 10.4. The molecule has 1 aromatic rings. The summed E-state index contributed by atoms with van der Waals surface area (Å²) < 4.78 is 1.08. The molecular weight excluding hydrogens is 265 g/mol. The molecular formula is C10H11BrClNO. The van der Waals surface area contributed by atoms with Crippen molar-refractivity contribution in [2.75, 3.05) is 13.2 Å². The second kappa shape index (κ2) is 4.62. The second-order valence-electron chi connectivity index (χ2n) is 3.29. The van der Waals surface area contributed by atoms with Gasteiger partial charge in [0.05, 0.1) is 13.2 Å². The van der Waals surface area contributed by atoms with Gasteiger partial charge >= 0.3 is 0 Å². The molecule has 0 radical (unpaired) electrons. The Kier molecular flexibility index (Phi) is 3.44. The Morgan fingerprint density at radius 3 is 3.07 bits per heavy atom. The Morgan fingerprint density at radius 1 is 1.50 bits per heavy atom. The number of nitrogens with zero attached hydrogens (tertiary/aromatic N) is 1. The number of hydrogen-bond donors (Lipinski definition) is 0. The van der Waals surface area contributed by atoms with Crippen LogP contribution in [0.25, 0.3) is 0 Å². The molecule has 76 valence electrons. The van der Waals surface area contributed by atoms with Crippen LogP contribution < -0.4 is 0 Å². The van der Waals surface area contributed by atoms with Gasteiger partial charge in [0.25, 0.3) is 0 Å². The molecule has 1 aliphatic rings. The molecule has 14 heavy (non-hydrogen) atoms. The first-order valence-electron chi connectivity index (χ1n) is 4.57. The molecule has 0 aromatic heterocycles. The summed E-state index contributed by atoms with van der Waals surface area (Å²) in [4.78, 5) is 5.42. The predicted molar refractivity (Wildman–Crippen MR) is 60.1 cm³/mol. The van der Waals surface area contributed by atoms with Crippen molar-refractivity contribution in [2.45, 2.75) is 13.0 Å². The molecule has 2 nitrogen and oxygen atoms in total. The SMILES string of the molecule is Clc1ccc(Br)c(CN2CCCO2)c1. The molecule has 0 unspecified atom stereocenters. The molecule has 1 fully saturated rings. The van der Waals surface area contributed by atoms with E-state index in [2.05, 4.69) is 15.9 Å². The molecule has 1 aliphatic heterocycles. The molecule has 1 aromatic carbocycles. The lowest BCUT2D eigenvalue weighted by molar-refractivity contribution is -0.117. The smallest absolute Gasteiger partial charge is 0.0698 e. The minimum absolute atomic E-state index is 0.766. The Hall–Kier alpha value is -0.0900. The van der Waals surface area contributed by atoms with Gasteiger partial charge in [-0.05, 0) is 30.2 Å². The molecule has 2 rings (SSSR count). The van der Waals surface area contributed by atoms with Crippen LogP contribution in [-0.2, 0) is 11.4 Å². The minimum Gasteiger partial charge on any atom is -0.299 e. The van der Waals surface area contributed by atoms with Crippen molar-refractivity contribution in [1.82, 2.24) is 5.06 Å². The third-order valence-corrected chi connectivity index (χ3v) is 3.19. The zero-order valence-corrected chi connectivity index (χ0v) is 10.0. The van der Waals surface area contributed by atoms with E-state index in [1.165, 1.54) is 5.56 Å².